The van der Waals surface area contributed by atoms with Gasteiger partial charge >= 0.3 is 0 Å². The Kier molecular flexibility index (Phi) is 4.61. The lowest BCUT2D eigenvalue weighted by molar-refractivity contribution is 0.624. The van der Waals surface area contributed by atoms with Gasteiger partial charge in [0, 0.05) is 37.5 Å². The van der Waals surface area contributed by atoms with E-state index in [0.717, 1.165) is 37.6 Å². The molecule has 1 aliphatic rings. The van der Waals surface area contributed by atoms with E-state index in [1.165, 1.54) is 19.3 Å². The predicted octanol–water partition coefficient (Wildman–Crippen LogP) is 2.75. The summed E-state index contributed by atoms with van der Waals surface area (Å²) in [6.45, 7) is 10.1. The normalized spacial score (nSPS) is 14.3. The van der Waals surface area contributed by atoms with E-state index >= 15 is 0 Å². The van der Waals surface area contributed by atoms with Gasteiger partial charge in [0.15, 0.2) is 5.43 Å². The Balaban J connectivity index is 2.47. The zero-order chi connectivity index (χ0) is 13.7. The summed E-state index contributed by atoms with van der Waals surface area (Å²) in [7, 11) is 0. The molecule has 2 rings (SSSR count). The highest BCUT2D eigenvalue weighted by Gasteiger charge is 2.14. The summed E-state index contributed by atoms with van der Waals surface area (Å²) < 4.78 is 2.29. The van der Waals surface area contributed by atoms with Gasteiger partial charge in [-0.15, -0.1) is 13.2 Å². The Hall–Kier alpha value is -1.77. The fourth-order valence-electron chi connectivity index (χ4n) is 2.69. The zero-order valence-electron chi connectivity index (χ0n) is 11.5. The van der Waals surface area contributed by atoms with Crippen molar-refractivity contribution in [3.05, 3.63) is 53.4 Å². The smallest absolute Gasteiger partial charge is 0.183 e. The number of nitrogens with zero attached hydrogens (tertiary/aromatic N) is 2. The minimum atomic E-state index is 0.0984. The van der Waals surface area contributed by atoms with Gasteiger partial charge < -0.3 is 9.47 Å². The predicted molar refractivity (Wildman–Crippen MR) is 80.9 cm³/mol. The fraction of sp³-hybridized carbons (Fsp3) is 0.438. The molecule has 0 bridgehead atoms. The summed E-state index contributed by atoms with van der Waals surface area (Å²) >= 11 is 0. The molecule has 1 aromatic heterocycles. The number of aryl methyl sites for hydroxylation is 1. The van der Waals surface area contributed by atoms with E-state index in [4.69, 9.17) is 0 Å². The Morgan fingerprint density at radius 3 is 2.58 bits per heavy atom. The van der Waals surface area contributed by atoms with Crippen LogP contribution in [-0.2, 0) is 13.0 Å². The second-order valence-corrected chi connectivity index (χ2v) is 4.99. The highest BCUT2D eigenvalue weighted by molar-refractivity contribution is 5.43. The van der Waals surface area contributed by atoms with Crippen LogP contribution in [-0.4, -0.2) is 17.7 Å². The average Bonchev–Trinajstić information content (AvgIpc) is 2.62. The standard InChI is InChI=1S/C16H22N2O/c1-3-9-17(10-4-2)16-13-15(19)12-14-8-6-5-7-11-18(14)16/h3-4,12-13H,1-2,5-11H2. The van der Waals surface area contributed by atoms with Crippen LogP contribution in [0.5, 0.6) is 0 Å². The first-order valence-electron chi connectivity index (χ1n) is 6.96. The number of hydrogen-bond acceptors (Lipinski definition) is 2. The molecule has 0 fully saturated rings. The van der Waals surface area contributed by atoms with Gasteiger partial charge in [-0.1, -0.05) is 18.6 Å². The average molecular weight is 258 g/mol. The Bertz CT molecular complexity index is 506. The van der Waals surface area contributed by atoms with Gasteiger partial charge in [-0.25, -0.2) is 0 Å². The highest BCUT2D eigenvalue weighted by Crippen LogP contribution is 2.21. The molecule has 3 heteroatoms. The largest absolute Gasteiger partial charge is 0.350 e. The highest BCUT2D eigenvalue weighted by atomic mass is 16.1. The van der Waals surface area contributed by atoms with Crippen LogP contribution >= 0.6 is 0 Å². The number of pyridine rings is 1. The Morgan fingerprint density at radius 2 is 1.89 bits per heavy atom. The summed E-state index contributed by atoms with van der Waals surface area (Å²) in [5.41, 5.74) is 1.26. The molecule has 2 heterocycles. The zero-order valence-corrected chi connectivity index (χ0v) is 11.5. The minimum Gasteiger partial charge on any atom is -0.350 e. The third kappa shape index (κ3) is 3.16. The van der Waals surface area contributed by atoms with Gasteiger partial charge in [-0.2, -0.15) is 0 Å². The summed E-state index contributed by atoms with van der Waals surface area (Å²) in [4.78, 5) is 14.0. The number of anilines is 1. The summed E-state index contributed by atoms with van der Waals surface area (Å²) in [6, 6.07) is 3.52. The fourth-order valence-corrected chi connectivity index (χ4v) is 2.69. The molecule has 0 atom stereocenters. The van der Waals surface area contributed by atoms with Crippen LogP contribution in [0.15, 0.2) is 42.2 Å². The molecule has 0 radical (unpaired) electrons. The van der Waals surface area contributed by atoms with Crippen LogP contribution in [0.3, 0.4) is 0 Å². The summed E-state index contributed by atoms with van der Waals surface area (Å²) in [5, 5.41) is 0. The third-order valence-corrected chi connectivity index (χ3v) is 3.54. The number of aromatic nitrogens is 1. The molecule has 1 aliphatic heterocycles. The van der Waals surface area contributed by atoms with Gasteiger partial charge in [0.2, 0.25) is 0 Å². The quantitative estimate of drug-likeness (QED) is 0.759. The third-order valence-electron chi connectivity index (χ3n) is 3.54. The topological polar surface area (TPSA) is 25.2 Å². The van der Waals surface area contributed by atoms with Gasteiger partial charge in [0.25, 0.3) is 0 Å². The van der Waals surface area contributed by atoms with E-state index in [-0.39, 0.29) is 5.43 Å². The van der Waals surface area contributed by atoms with E-state index in [2.05, 4.69) is 22.6 Å². The minimum absolute atomic E-state index is 0.0984. The van der Waals surface area contributed by atoms with Crippen molar-refractivity contribution in [1.82, 2.24) is 4.57 Å². The van der Waals surface area contributed by atoms with Crippen molar-refractivity contribution < 1.29 is 0 Å². The first-order chi connectivity index (χ1) is 9.26. The van der Waals surface area contributed by atoms with E-state index in [0.29, 0.717) is 0 Å². The molecule has 102 valence electrons. The van der Waals surface area contributed by atoms with Crippen LogP contribution in [0.2, 0.25) is 0 Å². The molecule has 0 saturated heterocycles. The molecular weight excluding hydrogens is 236 g/mol. The van der Waals surface area contributed by atoms with Crippen LogP contribution in [0, 0.1) is 0 Å². The molecule has 0 unspecified atom stereocenters. The maximum absolute atomic E-state index is 11.9. The molecule has 1 aromatic rings. The first-order valence-corrected chi connectivity index (χ1v) is 6.96. The molecular formula is C16H22N2O. The van der Waals surface area contributed by atoms with Crippen LogP contribution in [0.4, 0.5) is 5.82 Å². The summed E-state index contributed by atoms with van der Waals surface area (Å²) in [6.07, 6.45) is 8.32. The maximum atomic E-state index is 11.9. The lowest BCUT2D eigenvalue weighted by Crippen LogP contribution is -2.29. The van der Waals surface area contributed by atoms with Gasteiger partial charge in [0.05, 0.1) is 0 Å². The number of fused-ring (bicyclic) bond motifs is 1. The van der Waals surface area contributed by atoms with Crippen molar-refractivity contribution >= 4 is 5.82 Å². The number of rotatable bonds is 5. The molecule has 0 spiro atoms. The van der Waals surface area contributed by atoms with E-state index in [1.807, 2.05) is 12.2 Å². The monoisotopic (exact) mass is 258 g/mol. The maximum Gasteiger partial charge on any atom is 0.183 e. The molecule has 0 N–H and O–H groups in total. The summed E-state index contributed by atoms with van der Waals surface area (Å²) in [5.74, 6) is 1.00. The van der Waals surface area contributed by atoms with Crippen LogP contribution in [0.25, 0.3) is 0 Å². The van der Waals surface area contributed by atoms with Crippen molar-refractivity contribution in [3.8, 4) is 0 Å². The molecule has 0 aliphatic carbocycles. The van der Waals surface area contributed by atoms with Crippen LogP contribution in [0.1, 0.15) is 25.0 Å². The molecule has 3 nitrogen and oxygen atoms in total. The first kappa shape index (κ1) is 13.7. The lowest BCUT2D eigenvalue weighted by atomic mass is 10.2. The molecule has 0 amide bonds. The van der Waals surface area contributed by atoms with Crippen LogP contribution < -0.4 is 10.3 Å². The van der Waals surface area contributed by atoms with Gasteiger partial charge in [-0.05, 0) is 19.3 Å². The lowest BCUT2D eigenvalue weighted by Gasteiger charge is -2.27. The van der Waals surface area contributed by atoms with Crippen molar-refractivity contribution in [2.75, 3.05) is 18.0 Å². The molecule has 0 aromatic carbocycles. The number of hydrogen-bond donors (Lipinski definition) is 0. The van der Waals surface area contributed by atoms with Gasteiger partial charge in [0.1, 0.15) is 5.82 Å². The second-order valence-electron chi connectivity index (χ2n) is 4.99. The van der Waals surface area contributed by atoms with Crippen molar-refractivity contribution in [2.45, 2.75) is 32.2 Å². The van der Waals surface area contributed by atoms with Gasteiger partial charge in [-0.3, -0.25) is 4.79 Å². The Labute approximate surface area is 114 Å². The Morgan fingerprint density at radius 1 is 1.16 bits per heavy atom. The van der Waals surface area contributed by atoms with E-state index < -0.39 is 0 Å². The van der Waals surface area contributed by atoms with Crippen molar-refractivity contribution in [2.24, 2.45) is 0 Å². The second kappa shape index (κ2) is 6.41. The molecule has 19 heavy (non-hydrogen) atoms. The SMILES string of the molecule is C=CCN(CC=C)c1cc(=O)cc2n1CCCCC2. The van der Waals surface area contributed by atoms with Crippen molar-refractivity contribution in [3.63, 3.8) is 0 Å². The van der Waals surface area contributed by atoms with E-state index in [9.17, 15) is 4.79 Å². The van der Waals surface area contributed by atoms with E-state index in [1.54, 1.807) is 12.1 Å². The molecule has 0 saturated carbocycles. The van der Waals surface area contributed by atoms with Crippen molar-refractivity contribution in [1.29, 1.82) is 0 Å².